The molecule has 19 heavy (non-hydrogen) atoms. The lowest BCUT2D eigenvalue weighted by Crippen LogP contribution is -2.08. The minimum absolute atomic E-state index is 0.495. The summed E-state index contributed by atoms with van der Waals surface area (Å²) >= 11 is 0. The Kier molecular flexibility index (Phi) is 2.97. The maximum atomic E-state index is 13.7. The van der Waals surface area contributed by atoms with Crippen molar-refractivity contribution in [1.82, 2.24) is 14.8 Å². The second-order valence-corrected chi connectivity index (χ2v) is 3.47. The molecule has 0 amide bonds. The number of carboxylic acid groups (broad SMARTS) is 1. The lowest BCUT2D eigenvalue weighted by atomic mass is 10.2. The summed E-state index contributed by atoms with van der Waals surface area (Å²) < 4.78 is 51.4. The maximum absolute atomic E-state index is 13.7. The fraction of sp³-hybridized carbons (Fsp3) is 0.100. The highest BCUT2D eigenvalue weighted by Crippen LogP contribution is 2.29. The predicted molar refractivity (Wildman–Crippen MR) is 53.3 cm³/mol. The number of aromatic carboxylic acids is 1. The number of carboxylic acids is 1. The minimum atomic E-state index is -4.63. The molecule has 0 saturated carbocycles. The molecule has 0 fully saturated rings. The number of hydrogen-bond acceptors (Lipinski definition) is 3. The van der Waals surface area contributed by atoms with Crippen LogP contribution in [-0.4, -0.2) is 25.8 Å². The van der Waals surface area contributed by atoms with E-state index in [1.165, 1.54) is 0 Å². The molecule has 0 aliphatic carbocycles. The Balaban J connectivity index is 2.51. The normalized spacial score (nSPS) is 11.6. The summed E-state index contributed by atoms with van der Waals surface area (Å²) in [6, 6.07) is 0.898. The molecule has 2 aromatic rings. The number of nitrogens with zero attached hydrogens (tertiary/aromatic N) is 3. The Bertz CT molecular complexity index is 636. The molecule has 0 unspecified atom stereocenters. The van der Waals surface area contributed by atoms with Gasteiger partial charge in [0.1, 0.15) is 5.56 Å². The first-order valence-corrected chi connectivity index (χ1v) is 4.80. The second-order valence-electron chi connectivity index (χ2n) is 3.47. The number of carbonyl (C=O) groups is 1. The number of hydrogen-bond donors (Lipinski definition) is 1. The molecular weight excluding hydrogens is 270 g/mol. The molecule has 100 valence electrons. The van der Waals surface area contributed by atoms with Crippen LogP contribution in [0.25, 0.3) is 5.82 Å². The number of alkyl halides is 3. The second kappa shape index (κ2) is 4.34. The van der Waals surface area contributed by atoms with Crippen LogP contribution in [0.15, 0.2) is 24.7 Å². The van der Waals surface area contributed by atoms with E-state index in [4.69, 9.17) is 5.11 Å². The van der Waals surface area contributed by atoms with Crippen molar-refractivity contribution in [1.29, 1.82) is 0 Å². The lowest BCUT2D eigenvalue weighted by molar-refractivity contribution is -0.137. The third-order valence-corrected chi connectivity index (χ3v) is 2.23. The van der Waals surface area contributed by atoms with Gasteiger partial charge < -0.3 is 5.11 Å². The van der Waals surface area contributed by atoms with Gasteiger partial charge in [-0.1, -0.05) is 0 Å². The number of aromatic nitrogens is 3. The fourth-order valence-corrected chi connectivity index (χ4v) is 1.34. The van der Waals surface area contributed by atoms with Crippen molar-refractivity contribution in [2.24, 2.45) is 0 Å². The van der Waals surface area contributed by atoms with Crippen LogP contribution in [-0.2, 0) is 6.18 Å². The number of rotatable bonds is 2. The highest BCUT2D eigenvalue weighted by atomic mass is 19.4. The molecule has 0 spiro atoms. The van der Waals surface area contributed by atoms with Gasteiger partial charge in [-0.15, -0.1) is 0 Å². The number of halogens is 4. The zero-order valence-corrected chi connectivity index (χ0v) is 9.02. The van der Waals surface area contributed by atoms with E-state index in [0.29, 0.717) is 17.1 Å². The monoisotopic (exact) mass is 275 g/mol. The van der Waals surface area contributed by atoms with Crippen LogP contribution in [0.3, 0.4) is 0 Å². The molecule has 2 aromatic heterocycles. The smallest absolute Gasteiger partial charge is 0.419 e. The van der Waals surface area contributed by atoms with Gasteiger partial charge in [-0.25, -0.2) is 18.9 Å². The zero-order valence-electron chi connectivity index (χ0n) is 9.02. The van der Waals surface area contributed by atoms with Gasteiger partial charge in [0.2, 0.25) is 0 Å². The van der Waals surface area contributed by atoms with Crippen molar-refractivity contribution in [3.05, 3.63) is 41.6 Å². The van der Waals surface area contributed by atoms with Crippen LogP contribution in [0.2, 0.25) is 0 Å². The summed E-state index contributed by atoms with van der Waals surface area (Å²) in [6.45, 7) is 0. The van der Waals surface area contributed by atoms with Crippen LogP contribution >= 0.6 is 0 Å². The van der Waals surface area contributed by atoms with E-state index in [0.717, 1.165) is 12.3 Å². The quantitative estimate of drug-likeness (QED) is 0.852. The fourth-order valence-electron chi connectivity index (χ4n) is 1.34. The van der Waals surface area contributed by atoms with Gasteiger partial charge in [-0.05, 0) is 6.07 Å². The van der Waals surface area contributed by atoms with E-state index >= 15 is 0 Å². The Morgan fingerprint density at radius 3 is 2.58 bits per heavy atom. The molecule has 0 bridgehead atoms. The van der Waals surface area contributed by atoms with Gasteiger partial charge in [-0.3, -0.25) is 0 Å². The van der Waals surface area contributed by atoms with Crippen molar-refractivity contribution >= 4 is 5.97 Å². The average molecular weight is 275 g/mol. The summed E-state index contributed by atoms with van der Waals surface area (Å²) in [5.41, 5.74) is -1.79. The Hall–Kier alpha value is -2.45. The molecule has 1 N–H and O–H groups in total. The van der Waals surface area contributed by atoms with E-state index in [2.05, 4.69) is 10.1 Å². The summed E-state index contributed by atoms with van der Waals surface area (Å²) in [6.07, 6.45) is -2.64. The first-order chi connectivity index (χ1) is 8.80. The van der Waals surface area contributed by atoms with Gasteiger partial charge in [-0.2, -0.15) is 18.3 Å². The molecule has 0 aliphatic heterocycles. The molecule has 9 heteroatoms. The van der Waals surface area contributed by atoms with Crippen LogP contribution < -0.4 is 0 Å². The summed E-state index contributed by atoms with van der Waals surface area (Å²) in [7, 11) is 0. The van der Waals surface area contributed by atoms with Crippen molar-refractivity contribution < 1.29 is 27.5 Å². The highest BCUT2D eigenvalue weighted by molar-refractivity contribution is 5.88. The van der Waals surface area contributed by atoms with Crippen molar-refractivity contribution in [3.63, 3.8) is 0 Å². The molecular formula is C10H5F4N3O2. The van der Waals surface area contributed by atoms with Gasteiger partial charge in [0.25, 0.3) is 0 Å². The third-order valence-electron chi connectivity index (χ3n) is 2.23. The molecule has 2 rings (SSSR count). The van der Waals surface area contributed by atoms with E-state index in [-0.39, 0.29) is 0 Å². The molecule has 0 saturated heterocycles. The summed E-state index contributed by atoms with van der Waals surface area (Å²) in [4.78, 5) is 14.2. The maximum Gasteiger partial charge on any atom is 0.419 e. The molecule has 0 radical (unpaired) electrons. The Morgan fingerprint density at radius 1 is 1.37 bits per heavy atom. The predicted octanol–water partition coefficient (Wildman–Crippen LogP) is 2.12. The van der Waals surface area contributed by atoms with Crippen molar-refractivity contribution in [2.75, 3.05) is 0 Å². The van der Waals surface area contributed by atoms with Crippen LogP contribution in [0.5, 0.6) is 0 Å². The first kappa shape index (κ1) is 13.0. The highest BCUT2D eigenvalue weighted by Gasteiger charge is 2.32. The van der Waals surface area contributed by atoms with E-state index in [1.54, 1.807) is 0 Å². The number of pyridine rings is 1. The van der Waals surface area contributed by atoms with Crippen LogP contribution in [0.4, 0.5) is 17.6 Å². The van der Waals surface area contributed by atoms with Crippen LogP contribution in [0, 0.1) is 5.82 Å². The Labute approximate surface area is 103 Å². The molecule has 0 aromatic carbocycles. The third kappa shape index (κ3) is 2.39. The standard InChI is InChI=1S/C10H5F4N3O2/c11-7-6(9(18)19)1-2-15-8(7)17-4-5(3-16-17)10(12,13)14/h1-4H,(H,18,19). The van der Waals surface area contributed by atoms with Crippen LogP contribution in [0.1, 0.15) is 15.9 Å². The molecule has 0 atom stereocenters. The average Bonchev–Trinajstić information content (AvgIpc) is 2.77. The van der Waals surface area contributed by atoms with E-state index in [1.807, 2.05) is 0 Å². The zero-order chi connectivity index (χ0) is 14.2. The van der Waals surface area contributed by atoms with Crippen molar-refractivity contribution in [2.45, 2.75) is 6.18 Å². The van der Waals surface area contributed by atoms with E-state index < -0.39 is 34.9 Å². The summed E-state index contributed by atoms with van der Waals surface area (Å²) in [5, 5.41) is 12.0. The molecule has 5 nitrogen and oxygen atoms in total. The van der Waals surface area contributed by atoms with Gasteiger partial charge in [0.05, 0.1) is 11.8 Å². The molecule has 2 heterocycles. The van der Waals surface area contributed by atoms with Crippen molar-refractivity contribution in [3.8, 4) is 5.82 Å². The molecule has 0 aliphatic rings. The first-order valence-electron chi connectivity index (χ1n) is 4.80. The topological polar surface area (TPSA) is 68.0 Å². The van der Waals surface area contributed by atoms with Gasteiger partial charge in [0, 0.05) is 12.4 Å². The van der Waals surface area contributed by atoms with Gasteiger partial charge in [0.15, 0.2) is 11.6 Å². The Morgan fingerprint density at radius 2 is 2.05 bits per heavy atom. The SMILES string of the molecule is O=C(O)c1ccnc(-n2cc(C(F)(F)F)cn2)c1F. The lowest BCUT2D eigenvalue weighted by Gasteiger charge is -2.04. The van der Waals surface area contributed by atoms with E-state index in [9.17, 15) is 22.4 Å². The minimum Gasteiger partial charge on any atom is -0.478 e. The largest absolute Gasteiger partial charge is 0.478 e. The summed E-state index contributed by atoms with van der Waals surface area (Å²) in [5.74, 6) is -3.42. The van der Waals surface area contributed by atoms with Gasteiger partial charge >= 0.3 is 12.1 Å².